The van der Waals surface area contributed by atoms with Crippen LogP contribution in [0.4, 0.5) is 5.69 Å². The average molecular weight is 298 g/mol. The molecule has 21 heavy (non-hydrogen) atoms. The predicted octanol–water partition coefficient (Wildman–Crippen LogP) is 4.70. The molecule has 3 rings (SSSR count). The molecule has 0 saturated carbocycles. The van der Waals surface area contributed by atoms with Crippen LogP contribution in [0.1, 0.15) is 18.5 Å². The maximum Gasteiger partial charge on any atom is 0.0991 e. The van der Waals surface area contributed by atoms with Crippen molar-refractivity contribution in [3.8, 4) is 5.69 Å². The molecular formula is C17H16ClN3. The summed E-state index contributed by atoms with van der Waals surface area (Å²) in [7, 11) is 0. The highest BCUT2D eigenvalue weighted by Gasteiger charge is 2.09. The van der Waals surface area contributed by atoms with E-state index < -0.39 is 0 Å². The largest absolute Gasteiger partial charge is 0.378 e. The van der Waals surface area contributed by atoms with Crippen LogP contribution in [0.25, 0.3) is 5.69 Å². The summed E-state index contributed by atoms with van der Waals surface area (Å²) in [4.78, 5) is 4.07. The number of hydrogen-bond donors (Lipinski definition) is 1. The number of nitrogens with zero attached hydrogens (tertiary/aromatic N) is 2. The Hall–Kier alpha value is -2.26. The van der Waals surface area contributed by atoms with E-state index in [4.69, 9.17) is 11.6 Å². The normalized spacial score (nSPS) is 12.1. The van der Waals surface area contributed by atoms with Gasteiger partial charge in [0.05, 0.1) is 6.33 Å². The molecule has 0 amide bonds. The fourth-order valence-corrected chi connectivity index (χ4v) is 2.62. The van der Waals surface area contributed by atoms with Gasteiger partial charge in [-0.15, -0.1) is 0 Å². The van der Waals surface area contributed by atoms with Gasteiger partial charge in [0.15, 0.2) is 0 Å². The van der Waals surface area contributed by atoms with Gasteiger partial charge >= 0.3 is 0 Å². The molecule has 1 N–H and O–H groups in total. The highest BCUT2D eigenvalue weighted by Crippen LogP contribution is 2.26. The van der Waals surface area contributed by atoms with Crippen molar-refractivity contribution in [3.05, 3.63) is 77.8 Å². The number of benzene rings is 2. The number of hydrogen-bond acceptors (Lipinski definition) is 2. The van der Waals surface area contributed by atoms with Crippen molar-refractivity contribution in [2.24, 2.45) is 0 Å². The molecule has 1 unspecified atom stereocenters. The minimum atomic E-state index is 0.136. The number of rotatable bonds is 4. The average Bonchev–Trinajstić information content (AvgIpc) is 3.02. The van der Waals surface area contributed by atoms with Crippen molar-refractivity contribution in [2.45, 2.75) is 13.0 Å². The van der Waals surface area contributed by atoms with E-state index in [1.165, 1.54) is 0 Å². The van der Waals surface area contributed by atoms with E-state index in [2.05, 4.69) is 23.3 Å². The lowest BCUT2D eigenvalue weighted by atomic mass is 10.1. The van der Waals surface area contributed by atoms with E-state index in [-0.39, 0.29) is 6.04 Å². The summed E-state index contributed by atoms with van der Waals surface area (Å²) < 4.78 is 1.98. The second-order valence-electron chi connectivity index (χ2n) is 4.91. The molecule has 0 radical (unpaired) electrons. The molecule has 106 valence electrons. The van der Waals surface area contributed by atoms with Gasteiger partial charge in [0.2, 0.25) is 0 Å². The van der Waals surface area contributed by atoms with Gasteiger partial charge in [-0.2, -0.15) is 0 Å². The molecule has 3 nitrogen and oxygen atoms in total. The number of imidazole rings is 1. The lowest BCUT2D eigenvalue weighted by Crippen LogP contribution is -2.07. The summed E-state index contributed by atoms with van der Waals surface area (Å²) in [6.45, 7) is 2.10. The zero-order chi connectivity index (χ0) is 14.7. The van der Waals surface area contributed by atoms with Crippen LogP contribution in [0.3, 0.4) is 0 Å². The first-order valence-electron chi connectivity index (χ1n) is 6.83. The summed E-state index contributed by atoms with van der Waals surface area (Å²) in [5.74, 6) is 0. The molecule has 0 spiro atoms. The van der Waals surface area contributed by atoms with Gasteiger partial charge in [-0.3, -0.25) is 0 Å². The first kappa shape index (κ1) is 13.7. The standard InChI is InChI=1S/C17H16ClN3/c1-13(16-7-2-3-8-17(16)18)20-14-5-4-6-15(11-14)21-10-9-19-12-21/h2-13,20H,1H3. The first-order chi connectivity index (χ1) is 10.2. The summed E-state index contributed by atoms with van der Waals surface area (Å²) in [6, 6.07) is 16.2. The second kappa shape index (κ2) is 6.02. The molecule has 0 saturated heterocycles. The highest BCUT2D eigenvalue weighted by atomic mass is 35.5. The van der Waals surface area contributed by atoms with E-state index >= 15 is 0 Å². The van der Waals surface area contributed by atoms with Crippen molar-refractivity contribution >= 4 is 17.3 Å². The molecular weight excluding hydrogens is 282 g/mol. The molecule has 1 atom stereocenters. The maximum atomic E-state index is 6.25. The zero-order valence-electron chi connectivity index (χ0n) is 11.7. The third kappa shape index (κ3) is 3.09. The Bertz CT molecular complexity index is 722. The van der Waals surface area contributed by atoms with Gasteiger partial charge in [-0.25, -0.2) is 4.98 Å². The summed E-state index contributed by atoms with van der Waals surface area (Å²) in [5.41, 5.74) is 3.21. The molecule has 0 fully saturated rings. The fourth-order valence-electron chi connectivity index (χ4n) is 2.32. The Morgan fingerprint density at radius 1 is 1.14 bits per heavy atom. The third-order valence-corrected chi connectivity index (χ3v) is 3.75. The van der Waals surface area contributed by atoms with Gasteiger partial charge in [-0.1, -0.05) is 35.9 Å². The smallest absolute Gasteiger partial charge is 0.0991 e. The molecule has 2 aromatic carbocycles. The Morgan fingerprint density at radius 3 is 2.76 bits per heavy atom. The van der Waals surface area contributed by atoms with Crippen LogP contribution >= 0.6 is 11.6 Å². The van der Waals surface area contributed by atoms with Crippen LogP contribution in [0, 0.1) is 0 Å². The van der Waals surface area contributed by atoms with Crippen LogP contribution in [0.15, 0.2) is 67.3 Å². The van der Waals surface area contributed by atoms with Crippen molar-refractivity contribution in [3.63, 3.8) is 0 Å². The molecule has 3 aromatic rings. The zero-order valence-corrected chi connectivity index (χ0v) is 12.5. The number of anilines is 1. The Morgan fingerprint density at radius 2 is 2.00 bits per heavy atom. The van der Waals surface area contributed by atoms with Gasteiger partial charge in [0.1, 0.15) is 0 Å². The van der Waals surface area contributed by atoms with Crippen LogP contribution in [0.2, 0.25) is 5.02 Å². The summed E-state index contributed by atoms with van der Waals surface area (Å²) in [5, 5.41) is 4.26. The van der Waals surface area contributed by atoms with Crippen molar-refractivity contribution in [1.82, 2.24) is 9.55 Å². The fraction of sp³-hybridized carbons (Fsp3) is 0.118. The molecule has 0 aliphatic heterocycles. The maximum absolute atomic E-state index is 6.25. The monoisotopic (exact) mass is 297 g/mol. The van der Waals surface area contributed by atoms with Crippen molar-refractivity contribution < 1.29 is 0 Å². The van der Waals surface area contributed by atoms with Gasteiger partial charge in [0.25, 0.3) is 0 Å². The van der Waals surface area contributed by atoms with Gasteiger partial charge in [-0.05, 0) is 36.8 Å². The Balaban J connectivity index is 1.82. The van der Waals surface area contributed by atoms with Gasteiger partial charge < -0.3 is 9.88 Å². The Labute approximate surface area is 129 Å². The number of nitrogens with one attached hydrogen (secondary N) is 1. The number of halogens is 1. The molecule has 1 heterocycles. The lowest BCUT2D eigenvalue weighted by molar-refractivity contribution is 0.884. The third-order valence-electron chi connectivity index (χ3n) is 3.40. The second-order valence-corrected chi connectivity index (χ2v) is 5.32. The van der Waals surface area contributed by atoms with E-state index in [1.807, 2.05) is 53.2 Å². The van der Waals surface area contributed by atoms with Crippen molar-refractivity contribution in [1.29, 1.82) is 0 Å². The Kier molecular flexibility index (Phi) is 3.93. The van der Waals surface area contributed by atoms with E-state index in [0.717, 1.165) is 22.0 Å². The minimum Gasteiger partial charge on any atom is -0.378 e. The quantitative estimate of drug-likeness (QED) is 0.756. The highest BCUT2D eigenvalue weighted by molar-refractivity contribution is 6.31. The molecule has 1 aromatic heterocycles. The van der Waals surface area contributed by atoms with E-state index in [1.54, 1.807) is 12.5 Å². The van der Waals surface area contributed by atoms with Crippen LogP contribution < -0.4 is 5.32 Å². The van der Waals surface area contributed by atoms with Crippen LogP contribution in [-0.2, 0) is 0 Å². The van der Waals surface area contributed by atoms with Crippen LogP contribution in [-0.4, -0.2) is 9.55 Å². The molecule has 0 bridgehead atoms. The molecule has 0 aliphatic rings. The van der Waals surface area contributed by atoms with E-state index in [0.29, 0.717) is 0 Å². The SMILES string of the molecule is CC(Nc1cccc(-n2ccnc2)c1)c1ccccc1Cl. The van der Waals surface area contributed by atoms with Gasteiger partial charge in [0, 0.05) is 34.8 Å². The van der Waals surface area contributed by atoms with Crippen LogP contribution in [0.5, 0.6) is 0 Å². The predicted molar refractivity (Wildman–Crippen MR) is 87.1 cm³/mol. The first-order valence-corrected chi connectivity index (χ1v) is 7.21. The van der Waals surface area contributed by atoms with E-state index in [9.17, 15) is 0 Å². The van der Waals surface area contributed by atoms with Crippen molar-refractivity contribution in [2.75, 3.05) is 5.32 Å². The number of aromatic nitrogens is 2. The molecule has 4 heteroatoms. The summed E-state index contributed by atoms with van der Waals surface area (Å²) >= 11 is 6.25. The topological polar surface area (TPSA) is 29.9 Å². The minimum absolute atomic E-state index is 0.136. The summed E-state index contributed by atoms with van der Waals surface area (Å²) in [6.07, 6.45) is 5.49. The lowest BCUT2D eigenvalue weighted by Gasteiger charge is -2.17. The molecule has 0 aliphatic carbocycles.